The lowest BCUT2D eigenvalue weighted by molar-refractivity contribution is 0.0502. The zero-order valence-corrected chi connectivity index (χ0v) is 11.4. The minimum absolute atomic E-state index is 0.0356. The van der Waals surface area contributed by atoms with E-state index in [-0.39, 0.29) is 5.91 Å². The molecule has 0 aliphatic carbocycles. The average Bonchev–Trinajstić information content (AvgIpc) is 2.45. The maximum Gasteiger partial charge on any atom is 0.253 e. The Hall–Kier alpha value is -1.90. The predicted molar refractivity (Wildman–Crippen MR) is 75.3 cm³/mol. The molecule has 5 heteroatoms. The maximum absolute atomic E-state index is 12.4. The molecule has 5 nitrogen and oxygen atoms in total. The number of rotatable bonds is 2. The van der Waals surface area contributed by atoms with E-state index in [2.05, 4.69) is 16.3 Å². The summed E-state index contributed by atoms with van der Waals surface area (Å²) in [5.41, 5.74) is 1.15. The van der Waals surface area contributed by atoms with E-state index in [1.807, 2.05) is 4.90 Å². The number of amides is 1. The number of nitriles is 1. The van der Waals surface area contributed by atoms with Gasteiger partial charge in [-0.3, -0.25) is 9.69 Å². The molecule has 104 valence electrons. The van der Waals surface area contributed by atoms with Crippen molar-refractivity contribution in [2.45, 2.75) is 6.04 Å². The van der Waals surface area contributed by atoms with Crippen LogP contribution in [0.4, 0.5) is 0 Å². The first-order valence-corrected chi connectivity index (χ1v) is 7.02. The molecule has 1 N–H and O–H groups in total. The molecule has 1 aromatic rings. The van der Waals surface area contributed by atoms with Gasteiger partial charge in [-0.05, 0) is 18.2 Å². The van der Waals surface area contributed by atoms with Crippen LogP contribution in [0.5, 0.6) is 0 Å². The van der Waals surface area contributed by atoms with Crippen molar-refractivity contribution in [1.82, 2.24) is 15.1 Å². The van der Waals surface area contributed by atoms with E-state index in [0.29, 0.717) is 17.2 Å². The quantitative estimate of drug-likeness (QED) is 0.839. The molecule has 0 atom stereocenters. The van der Waals surface area contributed by atoms with Crippen LogP contribution in [0.25, 0.3) is 0 Å². The molecule has 0 saturated carbocycles. The first kappa shape index (κ1) is 13.1. The first-order chi connectivity index (χ1) is 9.78. The topological polar surface area (TPSA) is 59.4 Å². The minimum Gasteiger partial charge on any atom is -0.336 e. The molecule has 0 bridgehead atoms. The number of piperazine rings is 1. The van der Waals surface area contributed by atoms with Gasteiger partial charge in [0.2, 0.25) is 0 Å². The molecule has 20 heavy (non-hydrogen) atoms. The van der Waals surface area contributed by atoms with Crippen LogP contribution in [0, 0.1) is 11.3 Å². The zero-order valence-electron chi connectivity index (χ0n) is 11.4. The van der Waals surface area contributed by atoms with Crippen LogP contribution in [0.15, 0.2) is 24.3 Å². The standard InChI is InChI=1S/C15H18N4O/c16-9-12-2-1-3-13(8-12)15(20)19-6-4-18(5-7-19)14-10-17-11-14/h1-3,8,14,17H,4-7,10-11H2. The fourth-order valence-electron chi connectivity index (χ4n) is 2.73. The molecule has 2 aliphatic heterocycles. The SMILES string of the molecule is N#Cc1cccc(C(=O)N2CCN(C3CNC3)CC2)c1. The van der Waals surface area contributed by atoms with Gasteiger partial charge >= 0.3 is 0 Å². The molecular formula is C15H18N4O. The molecule has 2 aliphatic rings. The minimum atomic E-state index is 0.0356. The van der Waals surface area contributed by atoms with Crippen LogP contribution < -0.4 is 5.32 Å². The van der Waals surface area contributed by atoms with E-state index in [9.17, 15) is 4.79 Å². The summed E-state index contributed by atoms with van der Waals surface area (Å²) in [5, 5.41) is 12.2. The summed E-state index contributed by atoms with van der Waals surface area (Å²) in [5.74, 6) is 0.0356. The van der Waals surface area contributed by atoms with Crippen molar-refractivity contribution in [2.75, 3.05) is 39.3 Å². The van der Waals surface area contributed by atoms with E-state index >= 15 is 0 Å². The molecule has 0 radical (unpaired) electrons. The molecular weight excluding hydrogens is 252 g/mol. The van der Waals surface area contributed by atoms with Crippen LogP contribution in [-0.2, 0) is 0 Å². The molecule has 1 aromatic carbocycles. The summed E-state index contributed by atoms with van der Waals surface area (Å²) in [7, 11) is 0. The number of carbonyl (C=O) groups is 1. The largest absolute Gasteiger partial charge is 0.336 e. The Morgan fingerprint density at radius 3 is 2.60 bits per heavy atom. The van der Waals surface area contributed by atoms with Gasteiger partial charge in [-0.15, -0.1) is 0 Å². The highest BCUT2D eigenvalue weighted by molar-refractivity contribution is 5.94. The van der Waals surface area contributed by atoms with Gasteiger partial charge in [-0.25, -0.2) is 0 Å². The van der Waals surface area contributed by atoms with Gasteiger partial charge in [-0.2, -0.15) is 5.26 Å². The molecule has 3 rings (SSSR count). The average molecular weight is 270 g/mol. The number of carbonyl (C=O) groups excluding carboxylic acids is 1. The Kier molecular flexibility index (Phi) is 3.68. The zero-order chi connectivity index (χ0) is 13.9. The van der Waals surface area contributed by atoms with Crippen LogP contribution in [0.2, 0.25) is 0 Å². The number of hydrogen-bond acceptors (Lipinski definition) is 4. The van der Waals surface area contributed by atoms with Gasteiger partial charge in [-0.1, -0.05) is 6.07 Å². The molecule has 0 aromatic heterocycles. The molecule has 0 unspecified atom stereocenters. The fraction of sp³-hybridized carbons (Fsp3) is 0.467. The van der Waals surface area contributed by atoms with Gasteiger partial charge in [0.05, 0.1) is 11.6 Å². The number of hydrogen-bond donors (Lipinski definition) is 1. The highest BCUT2D eigenvalue weighted by Gasteiger charge is 2.29. The van der Waals surface area contributed by atoms with E-state index in [0.717, 1.165) is 39.3 Å². The van der Waals surface area contributed by atoms with Crippen LogP contribution in [0.1, 0.15) is 15.9 Å². The van der Waals surface area contributed by atoms with Crippen molar-refractivity contribution in [3.05, 3.63) is 35.4 Å². The second-order valence-corrected chi connectivity index (χ2v) is 5.33. The Labute approximate surface area is 118 Å². The third-order valence-electron chi connectivity index (χ3n) is 4.12. The summed E-state index contributed by atoms with van der Waals surface area (Å²) in [6.07, 6.45) is 0. The van der Waals surface area contributed by atoms with E-state index in [4.69, 9.17) is 5.26 Å². The molecule has 2 heterocycles. The maximum atomic E-state index is 12.4. The van der Waals surface area contributed by atoms with Crippen molar-refractivity contribution < 1.29 is 4.79 Å². The highest BCUT2D eigenvalue weighted by atomic mass is 16.2. The van der Waals surface area contributed by atoms with E-state index in [1.54, 1.807) is 24.3 Å². The number of nitrogens with one attached hydrogen (secondary N) is 1. The van der Waals surface area contributed by atoms with Crippen molar-refractivity contribution >= 4 is 5.91 Å². The van der Waals surface area contributed by atoms with Gasteiger partial charge in [0.25, 0.3) is 5.91 Å². The molecule has 0 spiro atoms. The van der Waals surface area contributed by atoms with E-state index < -0.39 is 0 Å². The highest BCUT2D eigenvalue weighted by Crippen LogP contribution is 2.13. The van der Waals surface area contributed by atoms with Crippen molar-refractivity contribution in [3.63, 3.8) is 0 Å². The third kappa shape index (κ3) is 2.53. The lowest BCUT2D eigenvalue weighted by atomic mass is 10.1. The van der Waals surface area contributed by atoms with Crippen molar-refractivity contribution in [3.8, 4) is 6.07 Å². The van der Waals surface area contributed by atoms with Crippen LogP contribution in [-0.4, -0.2) is 61.0 Å². The van der Waals surface area contributed by atoms with E-state index in [1.165, 1.54) is 0 Å². The molecule has 2 saturated heterocycles. The lowest BCUT2D eigenvalue weighted by Crippen LogP contribution is -2.62. The normalized spacial score (nSPS) is 20.2. The summed E-state index contributed by atoms with van der Waals surface area (Å²) in [4.78, 5) is 16.8. The summed E-state index contributed by atoms with van der Waals surface area (Å²) < 4.78 is 0. The number of nitrogens with zero attached hydrogens (tertiary/aromatic N) is 3. The Bertz CT molecular complexity index is 539. The smallest absolute Gasteiger partial charge is 0.253 e. The summed E-state index contributed by atoms with van der Waals surface area (Å²) in [6.45, 7) is 5.56. The number of benzene rings is 1. The monoisotopic (exact) mass is 270 g/mol. The Morgan fingerprint density at radius 1 is 1.25 bits per heavy atom. The second-order valence-electron chi connectivity index (χ2n) is 5.33. The van der Waals surface area contributed by atoms with Crippen LogP contribution >= 0.6 is 0 Å². The predicted octanol–water partition coefficient (Wildman–Crippen LogP) is 0.288. The van der Waals surface area contributed by atoms with Crippen molar-refractivity contribution in [1.29, 1.82) is 5.26 Å². The summed E-state index contributed by atoms with van der Waals surface area (Å²) >= 11 is 0. The fourth-order valence-corrected chi connectivity index (χ4v) is 2.73. The molecule has 2 fully saturated rings. The van der Waals surface area contributed by atoms with Gasteiger partial charge in [0.1, 0.15) is 0 Å². The Morgan fingerprint density at radius 2 is 2.00 bits per heavy atom. The third-order valence-corrected chi connectivity index (χ3v) is 4.12. The molecule has 1 amide bonds. The van der Waals surface area contributed by atoms with Crippen LogP contribution in [0.3, 0.4) is 0 Å². The lowest BCUT2D eigenvalue weighted by Gasteiger charge is -2.43. The summed E-state index contributed by atoms with van der Waals surface area (Å²) in [6, 6.07) is 9.66. The Balaban J connectivity index is 1.62. The van der Waals surface area contributed by atoms with Gasteiger partial charge < -0.3 is 10.2 Å². The van der Waals surface area contributed by atoms with Crippen molar-refractivity contribution in [2.24, 2.45) is 0 Å². The van der Waals surface area contributed by atoms with Gasteiger partial charge in [0.15, 0.2) is 0 Å². The second kappa shape index (κ2) is 5.61. The first-order valence-electron chi connectivity index (χ1n) is 7.02. The van der Waals surface area contributed by atoms with Gasteiger partial charge in [0, 0.05) is 50.9 Å².